The van der Waals surface area contributed by atoms with Gasteiger partial charge >= 0.3 is 0 Å². The van der Waals surface area contributed by atoms with Crippen LogP contribution in [0.5, 0.6) is 0 Å². The molecule has 2 aromatic carbocycles. The van der Waals surface area contributed by atoms with Crippen molar-refractivity contribution in [3.05, 3.63) is 66.2 Å². The molecule has 0 saturated carbocycles. The van der Waals surface area contributed by atoms with Gasteiger partial charge in [0, 0.05) is 18.6 Å². The number of aryl methyl sites for hydroxylation is 1. The molecule has 2 heteroatoms. The Hall–Kier alpha value is -1.25. The molecule has 0 aliphatic carbocycles. The summed E-state index contributed by atoms with van der Waals surface area (Å²) in [6.07, 6.45) is 2.35. The fraction of sp³-hybridized carbons (Fsp3) is 0.278. The van der Waals surface area contributed by atoms with Gasteiger partial charge in [-0.1, -0.05) is 68.2 Å². The van der Waals surface area contributed by atoms with Gasteiger partial charge in [0.05, 0.1) is 0 Å². The first-order valence-electron chi connectivity index (χ1n) is 7.19. The van der Waals surface area contributed by atoms with Crippen molar-refractivity contribution < 1.29 is 0 Å². The highest BCUT2D eigenvalue weighted by molar-refractivity contribution is 7.83. The molecule has 0 aliphatic heterocycles. The Balaban J connectivity index is 2.15. The lowest BCUT2D eigenvalue weighted by atomic mass is 10.1. The molecule has 0 radical (unpaired) electrons. The third kappa shape index (κ3) is 4.69. The van der Waals surface area contributed by atoms with Crippen molar-refractivity contribution in [1.82, 2.24) is 0 Å². The van der Waals surface area contributed by atoms with E-state index in [4.69, 9.17) is 0 Å². The number of hydrogen-bond acceptors (Lipinski definition) is 0. The van der Waals surface area contributed by atoms with E-state index in [2.05, 4.69) is 80.3 Å². The quantitative estimate of drug-likeness (QED) is 0.422. The Labute approximate surface area is 127 Å². The predicted molar refractivity (Wildman–Crippen MR) is 95.2 cm³/mol. The highest BCUT2D eigenvalue weighted by Gasteiger charge is 2.29. The van der Waals surface area contributed by atoms with Crippen LogP contribution >= 0.6 is 0 Å². The Morgan fingerprint density at radius 2 is 1.40 bits per heavy atom. The zero-order valence-corrected chi connectivity index (χ0v) is 14.4. The number of benzene rings is 2. The van der Waals surface area contributed by atoms with Gasteiger partial charge in [-0.3, -0.25) is 0 Å². The van der Waals surface area contributed by atoms with Crippen molar-refractivity contribution in [1.29, 1.82) is 0 Å². The Morgan fingerprint density at radius 1 is 0.850 bits per heavy atom. The molecule has 2 rings (SSSR count). The van der Waals surface area contributed by atoms with Crippen LogP contribution in [0.2, 0.25) is 19.6 Å². The summed E-state index contributed by atoms with van der Waals surface area (Å²) in [5, 5.41) is 0. The maximum atomic E-state index is 2.45. The molecule has 20 heavy (non-hydrogen) atoms. The standard InChI is InChI=1S/C18H23SSi/c1-20(2,3)18(19-17-12-8-5-9-13-17)15-14-16-10-6-4-7-11-16/h4-13H,14-15H2,1-3H3/q+1. The van der Waals surface area contributed by atoms with E-state index in [1.165, 1.54) is 16.9 Å². The van der Waals surface area contributed by atoms with Gasteiger partial charge in [-0.05, 0) is 12.0 Å². The molecule has 0 nitrogen and oxygen atoms in total. The van der Waals surface area contributed by atoms with Crippen LogP contribution in [-0.4, -0.2) is 12.6 Å². The molecule has 0 heterocycles. The van der Waals surface area contributed by atoms with Gasteiger partial charge in [0.1, 0.15) is 8.07 Å². The molecular weight excluding hydrogens is 276 g/mol. The zero-order chi connectivity index (χ0) is 14.4. The number of hydrogen-bond donors (Lipinski definition) is 0. The summed E-state index contributed by atoms with van der Waals surface area (Å²) in [6, 6.07) is 21.6. The molecule has 0 aromatic heterocycles. The van der Waals surface area contributed by atoms with Crippen LogP contribution < -0.4 is 0 Å². The molecule has 0 aliphatic rings. The first kappa shape index (κ1) is 15.1. The summed E-state index contributed by atoms with van der Waals surface area (Å²) < 4.78 is 1.69. The summed E-state index contributed by atoms with van der Waals surface area (Å²) in [4.78, 5) is 1.37. The predicted octanol–water partition coefficient (Wildman–Crippen LogP) is 4.81. The van der Waals surface area contributed by atoms with Crippen molar-refractivity contribution in [2.75, 3.05) is 0 Å². The monoisotopic (exact) mass is 299 g/mol. The minimum Gasteiger partial charge on any atom is -0.0622 e. The maximum absolute atomic E-state index is 2.45. The van der Waals surface area contributed by atoms with E-state index in [-0.39, 0.29) is 0 Å². The molecule has 0 atom stereocenters. The molecule has 0 N–H and O–H groups in total. The van der Waals surface area contributed by atoms with Crippen molar-refractivity contribution in [3.8, 4) is 0 Å². The highest BCUT2D eigenvalue weighted by Crippen LogP contribution is 2.13. The second kappa shape index (κ2) is 6.96. The highest BCUT2D eigenvalue weighted by atomic mass is 32.1. The van der Waals surface area contributed by atoms with Crippen LogP contribution in [0.4, 0.5) is 0 Å². The normalized spacial score (nSPS) is 12.4. The lowest BCUT2D eigenvalue weighted by Gasteiger charge is -2.12. The zero-order valence-electron chi connectivity index (χ0n) is 12.6. The summed E-state index contributed by atoms with van der Waals surface area (Å²) in [7, 11) is -1.24. The van der Waals surface area contributed by atoms with Gasteiger partial charge in [-0.15, -0.1) is 0 Å². The largest absolute Gasteiger partial charge is 0.230 e. The molecule has 0 unspecified atom stereocenters. The molecule has 104 valence electrons. The summed E-state index contributed by atoms with van der Waals surface area (Å²) in [5.74, 6) is 0. The lowest BCUT2D eigenvalue weighted by Crippen LogP contribution is -2.34. The van der Waals surface area contributed by atoms with Crippen LogP contribution in [0.3, 0.4) is 0 Å². The Morgan fingerprint density at radius 3 is 1.95 bits per heavy atom. The summed E-state index contributed by atoms with van der Waals surface area (Å²) >= 11 is 1.99. The average molecular weight is 300 g/mol. The third-order valence-electron chi connectivity index (χ3n) is 3.30. The molecule has 0 saturated heterocycles. The average Bonchev–Trinajstić information content (AvgIpc) is 2.44. The lowest BCUT2D eigenvalue weighted by molar-refractivity contribution is 1.06. The Bertz CT molecular complexity index is 553. The van der Waals surface area contributed by atoms with E-state index in [9.17, 15) is 0 Å². The van der Waals surface area contributed by atoms with Gasteiger partial charge in [0.15, 0.2) is 4.49 Å². The molecule has 0 fully saturated rings. The summed E-state index contributed by atoms with van der Waals surface area (Å²) in [5.41, 5.74) is 1.44. The minimum absolute atomic E-state index is 1.15. The Kier molecular flexibility index (Phi) is 5.27. The molecule has 0 bridgehead atoms. The minimum atomic E-state index is -1.24. The second-order valence-electron chi connectivity index (χ2n) is 6.07. The van der Waals surface area contributed by atoms with E-state index < -0.39 is 8.07 Å². The second-order valence-corrected chi connectivity index (χ2v) is 12.7. The molecule has 0 spiro atoms. The number of rotatable bonds is 5. The van der Waals surface area contributed by atoms with Crippen LogP contribution in [-0.2, 0) is 17.8 Å². The maximum Gasteiger partial charge on any atom is 0.230 e. The smallest absolute Gasteiger partial charge is 0.0622 e. The SMILES string of the molecule is C[Si](C)(C)C(CCc1ccccc1)=[S+]c1ccccc1. The fourth-order valence-electron chi connectivity index (χ4n) is 2.11. The van der Waals surface area contributed by atoms with Gasteiger partial charge in [-0.2, -0.15) is 0 Å². The van der Waals surface area contributed by atoms with Crippen molar-refractivity contribution in [3.63, 3.8) is 0 Å². The van der Waals surface area contributed by atoms with Gasteiger partial charge in [0.25, 0.3) is 0 Å². The first-order chi connectivity index (χ1) is 9.55. The van der Waals surface area contributed by atoms with Crippen molar-refractivity contribution in [2.24, 2.45) is 0 Å². The van der Waals surface area contributed by atoms with Gasteiger partial charge in [-0.25, -0.2) is 0 Å². The van der Waals surface area contributed by atoms with E-state index >= 15 is 0 Å². The third-order valence-corrected chi connectivity index (χ3v) is 8.33. The molecular formula is C18H23SSi+. The fourth-order valence-corrected chi connectivity index (χ4v) is 5.35. The van der Waals surface area contributed by atoms with Crippen LogP contribution in [0.15, 0.2) is 65.6 Å². The molecule has 2 aromatic rings. The van der Waals surface area contributed by atoms with Crippen molar-refractivity contribution >= 4 is 23.9 Å². The van der Waals surface area contributed by atoms with E-state index in [1.807, 2.05) is 11.4 Å². The van der Waals surface area contributed by atoms with Crippen LogP contribution in [0.1, 0.15) is 12.0 Å². The van der Waals surface area contributed by atoms with Crippen molar-refractivity contribution in [2.45, 2.75) is 37.4 Å². The first-order valence-corrected chi connectivity index (χ1v) is 11.5. The van der Waals surface area contributed by atoms with E-state index in [0.717, 1.165) is 6.42 Å². The van der Waals surface area contributed by atoms with E-state index in [0.29, 0.717) is 0 Å². The summed E-state index contributed by atoms with van der Waals surface area (Å²) in [6.45, 7) is 7.34. The van der Waals surface area contributed by atoms with E-state index in [1.54, 1.807) is 4.49 Å². The van der Waals surface area contributed by atoms with Gasteiger partial charge < -0.3 is 0 Å². The van der Waals surface area contributed by atoms with Gasteiger partial charge in [0.2, 0.25) is 16.2 Å². The van der Waals surface area contributed by atoms with Crippen LogP contribution in [0, 0.1) is 0 Å². The topological polar surface area (TPSA) is 0 Å². The molecule has 0 amide bonds. The van der Waals surface area contributed by atoms with Crippen LogP contribution in [0.25, 0.3) is 0 Å².